The molecule has 23 heavy (non-hydrogen) atoms. The van der Waals surface area contributed by atoms with E-state index in [2.05, 4.69) is 4.98 Å². The average molecular weight is 301 g/mol. The highest BCUT2D eigenvalue weighted by Gasteiger charge is 2.37. The summed E-state index contributed by atoms with van der Waals surface area (Å²) in [6.07, 6.45) is 3.20. The van der Waals surface area contributed by atoms with Crippen molar-refractivity contribution >= 4 is 10.8 Å². The monoisotopic (exact) mass is 301 g/mol. The summed E-state index contributed by atoms with van der Waals surface area (Å²) in [6.45, 7) is 0. The molecule has 4 aromatic rings. The van der Waals surface area contributed by atoms with Crippen LogP contribution in [0.4, 0.5) is 0 Å². The van der Waals surface area contributed by atoms with Crippen LogP contribution in [0.5, 0.6) is 0 Å². The van der Waals surface area contributed by atoms with Gasteiger partial charge in [-0.3, -0.25) is 4.98 Å². The molecule has 0 spiro atoms. The highest BCUT2D eigenvalue weighted by Crippen LogP contribution is 2.46. The van der Waals surface area contributed by atoms with Gasteiger partial charge in [-0.05, 0) is 34.4 Å². The third-order valence-corrected chi connectivity index (χ3v) is 4.39. The number of imidazole rings is 1. The Morgan fingerprint density at radius 1 is 0.957 bits per heavy atom. The van der Waals surface area contributed by atoms with Gasteiger partial charge in [0.1, 0.15) is 0 Å². The second kappa shape index (κ2) is 4.10. The van der Waals surface area contributed by atoms with Crippen molar-refractivity contribution in [3.63, 3.8) is 0 Å². The van der Waals surface area contributed by atoms with Crippen molar-refractivity contribution in [1.29, 1.82) is 0 Å². The summed E-state index contributed by atoms with van der Waals surface area (Å²) in [5.41, 5.74) is 3.38. The molecule has 2 aromatic heterocycles. The lowest BCUT2D eigenvalue weighted by atomic mass is 10.0. The zero-order chi connectivity index (χ0) is 15.6. The molecular formula is C18H11N3O2. The highest BCUT2D eigenvalue weighted by molar-refractivity contribution is 6.13. The lowest BCUT2D eigenvalue weighted by Crippen LogP contribution is -2.29. The standard InChI is InChI=1S/C18H11N3O2/c22-20-16-13-5-1-3-11-4-2-6-14(15(11)13)17(16)21(23)18(20)12-7-9-19-10-8-12/h1-10,22H. The van der Waals surface area contributed by atoms with Crippen molar-refractivity contribution in [2.24, 2.45) is 0 Å². The number of benzene rings is 2. The van der Waals surface area contributed by atoms with Crippen LogP contribution in [0.2, 0.25) is 0 Å². The fourth-order valence-electron chi connectivity index (χ4n) is 3.45. The molecule has 2 heterocycles. The first-order valence-corrected chi connectivity index (χ1v) is 7.28. The van der Waals surface area contributed by atoms with Crippen molar-refractivity contribution in [3.05, 3.63) is 66.1 Å². The van der Waals surface area contributed by atoms with Crippen molar-refractivity contribution in [1.82, 2.24) is 9.71 Å². The summed E-state index contributed by atoms with van der Waals surface area (Å²) in [4.78, 5) is 3.96. The van der Waals surface area contributed by atoms with Gasteiger partial charge in [0.2, 0.25) is 5.69 Å². The van der Waals surface area contributed by atoms with Gasteiger partial charge in [-0.15, -0.1) is 0 Å². The van der Waals surface area contributed by atoms with Crippen molar-refractivity contribution < 1.29 is 9.94 Å². The molecule has 0 radical (unpaired) electrons. The van der Waals surface area contributed by atoms with Crippen molar-refractivity contribution in [2.45, 2.75) is 0 Å². The number of hydrogen-bond donors (Lipinski definition) is 1. The second-order valence-electron chi connectivity index (χ2n) is 5.57. The van der Waals surface area contributed by atoms with Crippen LogP contribution < -0.4 is 4.73 Å². The van der Waals surface area contributed by atoms with Gasteiger partial charge in [0, 0.05) is 28.9 Å². The van der Waals surface area contributed by atoms with Crippen LogP contribution in [-0.4, -0.2) is 14.9 Å². The molecule has 0 fully saturated rings. The maximum Gasteiger partial charge on any atom is 0.332 e. The van der Waals surface area contributed by atoms with E-state index >= 15 is 0 Å². The minimum Gasteiger partial charge on any atom is -0.710 e. The highest BCUT2D eigenvalue weighted by atomic mass is 16.5. The van der Waals surface area contributed by atoms with Gasteiger partial charge in [-0.2, -0.15) is 0 Å². The number of aromatic nitrogens is 3. The molecule has 1 N–H and O–H groups in total. The molecule has 1 aliphatic rings. The molecule has 0 unspecified atom stereocenters. The first-order valence-electron chi connectivity index (χ1n) is 7.28. The molecule has 0 aliphatic heterocycles. The van der Waals surface area contributed by atoms with E-state index in [4.69, 9.17) is 0 Å². The van der Waals surface area contributed by atoms with E-state index in [9.17, 15) is 10.4 Å². The summed E-state index contributed by atoms with van der Waals surface area (Å²) < 4.78 is 1.80. The Kier molecular flexibility index (Phi) is 2.18. The Bertz CT molecular complexity index is 1020. The minimum absolute atomic E-state index is 0.198. The summed E-state index contributed by atoms with van der Waals surface area (Å²) in [6, 6.07) is 15.1. The van der Waals surface area contributed by atoms with Gasteiger partial charge in [0.25, 0.3) is 0 Å². The van der Waals surface area contributed by atoms with Crippen LogP contribution >= 0.6 is 0 Å². The van der Waals surface area contributed by atoms with Gasteiger partial charge in [0.15, 0.2) is 5.69 Å². The maximum atomic E-state index is 12.9. The molecule has 0 saturated heterocycles. The van der Waals surface area contributed by atoms with Crippen LogP contribution in [0.1, 0.15) is 0 Å². The molecule has 5 heteroatoms. The Morgan fingerprint density at radius 3 is 2.39 bits per heavy atom. The maximum absolute atomic E-state index is 12.9. The van der Waals surface area contributed by atoms with Crippen molar-refractivity contribution in [3.8, 4) is 33.9 Å². The van der Waals surface area contributed by atoms with Crippen LogP contribution in [0.25, 0.3) is 44.7 Å². The smallest absolute Gasteiger partial charge is 0.332 e. The number of hydrogen-bond acceptors (Lipinski definition) is 3. The zero-order valence-corrected chi connectivity index (χ0v) is 12.0. The molecule has 5 nitrogen and oxygen atoms in total. The van der Waals surface area contributed by atoms with E-state index in [1.165, 1.54) is 0 Å². The quantitative estimate of drug-likeness (QED) is 0.294. The van der Waals surface area contributed by atoms with Crippen LogP contribution in [0.3, 0.4) is 0 Å². The second-order valence-corrected chi connectivity index (χ2v) is 5.57. The Hall–Kier alpha value is -3.34. The molecule has 110 valence electrons. The van der Waals surface area contributed by atoms with E-state index in [1.54, 1.807) is 24.5 Å². The summed E-state index contributed by atoms with van der Waals surface area (Å²) in [7, 11) is 0. The fourth-order valence-corrected chi connectivity index (χ4v) is 3.45. The molecular weight excluding hydrogens is 290 g/mol. The van der Waals surface area contributed by atoms with E-state index in [0.717, 1.165) is 31.4 Å². The van der Waals surface area contributed by atoms with E-state index in [-0.39, 0.29) is 5.82 Å². The molecule has 0 saturated carbocycles. The van der Waals surface area contributed by atoms with Gasteiger partial charge < -0.3 is 10.4 Å². The van der Waals surface area contributed by atoms with Crippen LogP contribution in [0, 0.1) is 5.21 Å². The molecule has 0 atom stereocenters. The summed E-state index contributed by atoms with van der Waals surface area (Å²) in [5.74, 6) is 0.198. The topological polar surface area (TPSA) is 65.0 Å². The predicted molar refractivity (Wildman–Crippen MR) is 85.7 cm³/mol. The molecule has 0 bridgehead atoms. The Labute approximate surface area is 131 Å². The minimum atomic E-state index is 0.198. The normalized spacial score (nSPS) is 11.8. The Morgan fingerprint density at radius 2 is 1.65 bits per heavy atom. The molecule has 2 aromatic carbocycles. The first-order chi connectivity index (χ1) is 11.3. The SMILES string of the molecule is [O-][n+]1c2c(n(O)c1-c1ccncc1)-c1cccc3cccc-2c13. The Balaban J connectivity index is 1.92. The lowest BCUT2D eigenvalue weighted by molar-refractivity contribution is -0.582. The van der Waals surface area contributed by atoms with Crippen molar-refractivity contribution in [2.75, 3.05) is 0 Å². The number of pyridine rings is 1. The number of rotatable bonds is 1. The average Bonchev–Trinajstić information content (AvgIpc) is 3.05. The van der Waals surface area contributed by atoms with E-state index in [1.807, 2.05) is 36.4 Å². The predicted octanol–water partition coefficient (Wildman–Crippen LogP) is 3.22. The van der Waals surface area contributed by atoms with Gasteiger partial charge in [-0.1, -0.05) is 24.3 Å². The summed E-state index contributed by atoms with van der Waals surface area (Å²) in [5, 5.41) is 25.7. The van der Waals surface area contributed by atoms with Gasteiger partial charge in [-0.25, -0.2) is 4.73 Å². The van der Waals surface area contributed by atoms with E-state index < -0.39 is 0 Å². The number of nitrogens with zero attached hydrogens (tertiary/aromatic N) is 3. The fraction of sp³-hybridized carbons (Fsp3) is 0. The van der Waals surface area contributed by atoms with E-state index in [0.29, 0.717) is 17.0 Å². The molecule has 5 rings (SSSR count). The third-order valence-electron chi connectivity index (χ3n) is 4.39. The number of fused-ring (bicyclic) bond motifs is 3. The third kappa shape index (κ3) is 1.41. The molecule has 1 aliphatic carbocycles. The largest absolute Gasteiger partial charge is 0.710 e. The summed E-state index contributed by atoms with van der Waals surface area (Å²) >= 11 is 0. The lowest BCUT2D eigenvalue weighted by Gasteiger charge is -2.07. The van der Waals surface area contributed by atoms with Gasteiger partial charge in [0.05, 0.1) is 5.56 Å². The zero-order valence-electron chi connectivity index (χ0n) is 12.0. The first kappa shape index (κ1) is 12.2. The van der Waals surface area contributed by atoms with Crippen LogP contribution in [-0.2, 0) is 0 Å². The van der Waals surface area contributed by atoms with Gasteiger partial charge >= 0.3 is 5.82 Å². The molecule has 0 amide bonds. The van der Waals surface area contributed by atoms with Crippen LogP contribution in [0.15, 0.2) is 60.9 Å².